The van der Waals surface area contributed by atoms with E-state index in [0.717, 1.165) is 34.8 Å². The number of likely N-dealkylation sites (tertiary alicyclic amines) is 2. The summed E-state index contributed by atoms with van der Waals surface area (Å²) in [7, 11) is 5.01. The van der Waals surface area contributed by atoms with Crippen LogP contribution < -0.4 is 48.0 Å². The Labute approximate surface area is 232 Å². The molecule has 0 spiro atoms. The number of nitrogens with zero attached hydrogens (tertiary/aromatic N) is 2. The summed E-state index contributed by atoms with van der Waals surface area (Å²) in [5.74, 6) is 2.63. The van der Waals surface area contributed by atoms with E-state index >= 15 is 0 Å². The minimum atomic E-state index is 0. The molecule has 2 saturated carbocycles. The molecule has 2 heterocycles. The van der Waals surface area contributed by atoms with Gasteiger partial charge in [0, 0.05) is 38.0 Å². The molecule has 0 amide bonds. The Hall–Kier alpha value is 1.08. The normalized spacial score (nSPS) is 47.1. The molecule has 186 valence electrons. The van der Waals surface area contributed by atoms with Gasteiger partial charge in [0.1, 0.15) is 6.54 Å². The quantitative estimate of drug-likeness (QED) is 0.227. The van der Waals surface area contributed by atoms with Gasteiger partial charge in [-0.25, -0.2) is 0 Å². The summed E-state index contributed by atoms with van der Waals surface area (Å²) in [4.78, 5) is 0. The molecule has 0 aromatic carbocycles. The van der Waals surface area contributed by atoms with Gasteiger partial charge < -0.3 is 62.0 Å². The molecule has 32 heavy (non-hydrogen) atoms. The number of likely N-dealkylation sites (N-methyl/N-ethyl adjacent to an activating group) is 1. The number of aliphatic hydroxyl groups excluding tert-OH is 1. The number of rotatable bonds is 3. The smallest absolute Gasteiger partial charge is 0.102 e. The first kappa shape index (κ1) is 27.7. The number of fused-ring (bicyclic) bond motifs is 5. The van der Waals surface area contributed by atoms with E-state index in [1.807, 2.05) is 5.57 Å². The van der Waals surface area contributed by atoms with Crippen LogP contribution in [0, 0.1) is 23.2 Å². The third-order valence-electron chi connectivity index (χ3n) is 11.9. The third kappa shape index (κ3) is 4.07. The minimum Gasteiger partial charge on any atom is -1.00 e. The summed E-state index contributed by atoms with van der Waals surface area (Å²) in [5, 5.41) is 9.83. The highest BCUT2D eigenvalue weighted by atomic mass is 127. The molecular formula is C27H48I2N2O. The summed E-state index contributed by atoms with van der Waals surface area (Å²) in [6, 6.07) is 0.886. The van der Waals surface area contributed by atoms with Crippen molar-refractivity contribution in [3.63, 3.8) is 0 Å². The zero-order valence-electron chi connectivity index (χ0n) is 21.1. The Kier molecular flexibility index (Phi) is 8.52. The maximum absolute atomic E-state index is 9.83. The van der Waals surface area contributed by atoms with E-state index in [-0.39, 0.29) is 48.0 Å². The van der Waals surface area contributed by atoms with Crippen LogP contribution in [0.15, 0.2) is 11.6 Å². The molecule has 0 aromatic heterocycles. The molecule has 5 aliphatic rings. The van der Waals surface area contributed by atoms with Gasteiger partial charge in [-0.3, -0.25) is 0 Å². The van der Waals surface area contributed by atoms with Gasteiger partial charge in [-0.1, -0.05) is 18.6 Å². The standard InChI is InChI=1S/C27H48N2O.2HI/c1-26-13-11-22(28(3)15-5-6-16-28)20-21(26)9-10-23-24(26)12-14-27(2)25(23)8-7-17-29(27,4)18-19-30;;/h9,22-25,30H,5-8,10-20H2,1-4H3;2*1H/q+2;;/p-2. The lowest BCUT2D eigenvalue weighted by Crippen LogP contribution is -3.00. The van der Waals surface area contributed by atoms with Crippen LogP contribution in [0.1, 0.15) is 78.1 Å². The summed E-state index contributed by atoms with van der Waals surface area (Å²) in [6.45, 7) is 10.7. The monoisotopic (exact) mass is 670 g/mol. The van der Waals surface area contributed by atoms with Gasteiger partial charge in [-0.15, -0.1) is 0 Å². The largest absolute Gasteiger partial charge is 1.00 e. The highest BCUT2D eigenvalue weighted by Crippen LogP contribution is 2.63. The lowest BCUT2D eigenvalue weighted by Gasteiger charge is -2.64. The molecular weight excluding hydrogens is 622 g/mol. The van der Waals surface area contributed by atoms with Crippen molar-refractivity contribution in [3.8, 4) is 0 Å². The maximum atomic E-state index is 9.83. The van der Waals surface area contributed by atoms with Crippen LogP contribution in [0.3, 0.4) is 0 Å². The zero-order valence-corrected chi connectivity index (χ0v) is 25.4. The Morgan fingerprint density at radius 3 is 2.34 bits per heavy atom. The number of hydrogen-bond acceptors (Lipinski definition) is 1. The van der Waals surface area contributed by atoms with Crippen LogP contribution in [0.5, 0.6) is 0 Å². The average molecular weight is 671 g/mol. The summed E-state index contributed by atoms with van der Waals surface area (Å²) in [5.41, 5.74) is 2.70. The van der Waals surface area contributed by atoms with Gasteiger partial charge in [-0.2, -0.15) is 0 Å². The second kappa shape index (κ2) is 9.85. The minimum absolute atomic E-state index is 0. The molecule has 4 fully saturated rings. The second-order valence-corrected chi connectivity index (χ2v) is 12.9. The molecule has 3 nitrogen and oxygen atoms in total. The molecule has 5 heteroatoms. The van der Waals surface area contributed by atoms with Crippen LogP contribution in [-0.2, 0) is 0 Å². The summed E-state index contributed by atoms with van der Waals surface area (Å²) < 4.78 is 2.47. The number of hydrogen-bond donors (Lipinski definition) is 1. The lowest BCUT2D eigenvalue weighted by molar-refractivity contribution is -0.969. The Morgan fingerprint density at radius 2 is 1.66 bits per heavy atom. The molecule has 7 unspecified atom stereocenters. The second-order valence-electron chi connectivity index (χ2n) is 12.9. The fraction of sp³-hybridized carbons (Fsp3) is 0.926. The number of allylic oxidation sites excluding steroid dienone is 1. The van der Waals surface area contributed by atoms with Crippen molar-refractivity contribution in [3.05, 3.63) is 11.6 Å². The zero-order chi connectivity index (χ0) is 21.2. The van der Waals surface area contributed by atoms with Crippen molar-refractivity contribution < 1.29 is 62.0 Å². The highest BCUT2D eigenvalue weighted by Gasteiger charge is 2.62. The molecule has 0 radical (unpaired) electrons. The third-order valence-corrected chi connectivity index (χ3v) is 11.9. The van der Waals surface area contributed by atoms with E-state index < -0.39 is 0 Å². The van der Waals surface area contributed by atoms with Crippen LogP contribution in [-0.4, -0.2) is 72.5 Å². The maximum Gasteiger partial charge on any atom is 0.102 e. The van der Waals surface area contributed by atoms with Gasteiger partial charge in [0.15, 0.2) is 0 Å². The molecule has 7 atom stereocenters. The molecule has 2 saturated heterocycles. The molecule has 5 rings (SSSR count). The van der Waals surface area contributed by atoms with Crippen molar-refractivity contribution in [2.75, 3.05) is 46.9 Å². The van der Waals surface area contributed by atoms with Crippen molar-refractivity contribution >= 4 is 0 Å². The van der Waals surface area contributed by atoms with Crippen LogP contribution in [0.25, 0.3) is 0 Å². The molecule has 3 aliphatic carbocycles. The first-order valence-electron chi connectivity index (χ1n) is 13.3. The van der Waals surface area contributed by atoms with Crippen molar-refractivity contribution in [2.24, 2.45) is 23.2 Å². The molecule has 0 bridgehead atoms. The van der Waals surface area contributed by atoms with E-state index in [9.17, 15) is 5.11 Å². The van der Waals surface area contributed by atoms with Gasteiger partial charge in [0.05, 0.1) is 51.9 Å². The number of halogens is 2. The fourth-order valence-corrected chi connectivity index (χ4v) is 9.60. The first-order valence-corrected chi connectivity index (χ1v) is 13.3. The van der Waals surface area contributed by atoms with E-state index in [0.29, 0.717) is 17.6 Å². The topological polar surface area (TPSA) is 20.2 Å². The number of quaternary nitrogens is 2. The Balaban J connectivity index is 0.00000144. The first-order chi connectivity index (χ1) is 14.3. The van der Waals surface area contributed by atoms with Crippen LogP contribution >= 0.6 is 0 Å². The van der Waals surface area contributed by atoms with E-state index in [2.05, 4.69) is 34.0 Å². The van der Waals surface area contributed by atoms with Crippen molar-refractivity contribution in [2.45, 2.75) is 89.6 Å². The predicted octanol–water partition coefficient (Wildman–Crippen LogP) is -1.24. The Bertz CT molecular complexity index is 704. The van der Waals surface area contributed by atoms with E-state index in [1.54, 1.807) is 0 Å². The fourth-order valence-electron chi connectivity index (χ4n) is 9.60. The van der Waals surface area contributed by atoms with E-state index in [1.165, 1.54) is 88.3 Å². The van der Waals surface area contributed by atoms with Gasteiger partial charge in [0.2, 0.25) is 0 Å². The van der Waals surface area contributed by atoms with Crippen LogP contribution in [0.4, 0.5) is 0 Å². The van der Waals surface area contributed by atoms with Gasteiger partial charge in [0.25, 0.3) is 0 Å². The summed E-state index contributed by atoms with van der Waals surface area (Å²) in [6.07, 6.45) is 16.8. The highest BCUT2D eigenvalue weighted by molar-refractivity contribution is 5.25. The summed E-state index contributed by atoms with van der Waals surface area (Å²) >= 11 is 0. The van der Waals surface area contributed by atoms with Crippen molar-refractivity contribution in [1.82, 2.24) is 0 Å². The van der Waals surface area contributed by atoms with Gasteiger partial charge >= 0.3 is 0 Å². The molecule has 0 aromatic rings. The van der Waals surface area contributed by atoms with E-state index in [4.69, 9.17) is 0 Å². The molecule has 1 N–H and O–H groups in total. The number of aliphatic hydroxyl groups is 1. The lowest BCUT2D eigenvalue weighted by atomic mass is 9.47. The predicted molar refractivity (Wildman–Crippen MR) is 124 cm³/mol. The van der Waals surface area contributed by atoms with Gasteiger partial charge in [-0.05, 0) is 56.3 Å². The SMILES string of the molecule is CC12CCC([N+]3(C)CCCC3)CC1=CCC1C2CCC2(C)C1CCC[N+]2(C)CCO.[I-].[I-]. The van der Waals surface area contributed by atoms with Crippen LogP contribution in [0.2, 0.25) is 0 Å². The Morgan fingerprint density at radius 1 is 0.938 bits per heavy atom. The molecule has 2 aliphatic heterocycles. The number of piperidine rings is 1. The van der Waals surface area contributed by atoms with Crippen molar-refractivity contribution in [1.29, 1.82) is 0 Å². The average Bonchev–Trinajstić information content (AvgIpc) is 3.16.